The summed E-state index contributed by atoms with van der Waals surface area (Å²) in [5.41, 5.74) is 0.556. The fourth-order valence-corrected chi connectivity index (χ4v) is 4.36. The Morgan fingerprint density at radius 1 is 1.00 bits per heavy atom. The Bertz CT molecular complexity index is 313. The van der Waals surface area contributed by atoms with Crippen LogP contribution in [0, 0.1) is 16.7 Å². The maximum Gasteiger partial charge on any atom is 0.175 e. The summed E-state index contributed by atoms with van der Waals surface area (Å²) in [4.78, 5) is 0. The van der Waals surface area contributed by atoms with Crippen molar-refractivity contribution in [1.82, 2.24) is 0 Å². The van der Waals surface area contributed by atoms with Crippen LogP contribution in [0.25, 0.3) is 0 Å². The van der Waals surface area contributed by atoms with E-state index in [1.807, 2.05) is 0 Å². The van der Waals surface area contributed by atoms with Crippen LogP contribution >= 0.6 is 0 Å². The van der Waals surface area contributed by atoms with Gasteiger partial charge in [-0.1, -0.05) is 20.8 Å². The molecule has 0 aromatic heterocycles. The van der Waals surface area contributed by atoms with Crippen LogP contribution in [0.15, 0.2) is 0 Å². The van der Waals surface area contributed by atoms with E-state index < -0.39 is 0 Å². The molecule has 1 spiro atoms. The molecule has 92 valence electrons. The third-order valence-corrected chi connectivity index (χ3v) is 6.20. The predicted octanol–water partition coefficient (Wildman–Crippen LogP) is 3.35. The average molecular weight is 224 g/mol. The highest BCUT2D eigenvalue weighted by molar-refractivity contribution is 5.16. The molecule has 3 fully saturated rings. The summed E-state index contributed by atoms with van der Waals surface area (Å²) < 4.78 is 12.5. The van der Waals surface area contributed by atoms with Crippen LogP contribution < -0.4 is 0 Å². The highest BCUT2D eigenvalue weighted by Crippen LogP contribution is 2.72. The lowest BCUT2D eigenvalue weighted by Crippen LogP contribution is -2.48. The number of hydrogen-bond donors (Lipinski definition) is 0. The molecule has 1 unspecified atom stereocenters. The second-order valence-electron chi connectivity index (χ2n) is 6.89. The molecule has 2 saturated carbocycles. The lowest BCUT2D eigenvalue weighted by molar-refractivity contribution is -0.248. The zero-order valence-electron chi connectivity index (χ0n) is 11.2. The van der Waals surface area contributed by atoms with Crippen molar-refractivity contribution in [2.75, 3.05) is 0 Å². The van der Waals surface area contributed by atoms with E-state index in [4.69, 9.17) is 9.47 Å². The molecule has 0 aromatic carbocycles. The van der Waals surface area contributed by atoms with Crippen LogP contribution in [-0.4, -0.2) is 18.0 Å². The van der Waals surface area contributed by atoms with Gasteiger partial charge in [-0.25, -0.2) is 0 Å². The van der Waals surface area contributed by atoms with Gasteiger partial charge in [-0.05, 0) is 38.0 Å². The molecule has 3 rings (SSSR count). The first-order chi connectivity index (χ1) is 7.32. The van der Waals surface area contributed by atoms with Crippen molar-refractivity contribution in [3.63, 3.8) is 0 Å². The molecule has 1 aliphatic heterocycles. The largest absolute Gasteiger partial charge is 0.344 e. The third-order valence-electron chi connectivity index (χ3n) is 6.20. The molecule has 2 aliphatic carbocycles. The quantitative estimate of drug-likeness (QED) is 0.628. The molecule has 16 heavy (non-hydrogen) atoms. The number of hydrogen-bond acceptors (Lipinski definition) is 2. The Morgan fingerprint density at radius 2 is 1.56 bits per heavy atom. The van der Waals surface area contributed by atoms with Gasteiger partial charge in [0.15, 0.2) is 5.79 Å². The van der Waals surface area contributed by atoms with E-state index in [9.17, 15) is 0 Å². The molecule has 0 radical (unpaired) electrons. The molecule has 2 heteroatoms. The van der Waals surface area contributed by atoms with Gasteiger partial charge < -0.3 is 9.47 Å². The first-order valence-electron chi connectivity index (χ1n) is 6.68. The molecule has 1 saturated heterocycles. The Kier molecular flexibility index (Phi) is 1.96. The van der Waals surface area contributed by atoms with Crippen LogP contribution in [0.3, 0.4) is 0 Å². The first-order valence-corrected chi connectivity index (χ1v) is 6.68. The lowest BCUT2D eigenvalue weighted by Gasteiger charge is -2.44. The predicted molar refractivity (Wildman–Crippen MR) is 63.1 cm³/mol. The maximum absolute atomic E-state index is 6.27. The molecule has 0 N–H and O–H groups in total. The van der Waals surface area contributed by atoms with Gasteiger partial charge in [0.2, 0.25) is 0 Å². The molecular formula is C14H24O2. The highest BCUT2D eigenvalue weighted by Gasteiger charge is 2.72. The zero-order chi connectivity index (χ0) is 11.8. The standard InChI is InChI=1S/C14H24O2/c1-9-10(2)16-14(15-9)8-11-6-7-13(14,5)12(11,3)4/h9-11H,6-8H2,1-5H3/t9-,10+,11-,13+,14?/m0/s1. The average Bonchev–Trinajstić information content (AvgIpc) is 2.63. The Balaban J connectivity index is 2.01. The fourth-order valence-electron chi connectivity index (χ4n) is 4.36. The van der Waals surface area contributed by atoms with E-state index >= 15 is 0 Å². The van der Waals surface area contributed by atoms with Gasteiger partial charge in [0.25, 0.3) is 0 Å². The summed E-state index contributed by atoms with van der Waals surface area (Å²) >= 11 is 0. The Labute approximate surface area is 98.7 Å². The van der Waals surface area contributed by atoms with Crippen molar-refractivity contribution in [2.45, 2.75) is 71.9 Å². The van der Waals surface area contributed by atoms with Crippen molar-refractivity contribution < 1.29 is 9.47 Å². The second kappa shape index (κ2) is 2.84. The maximum atomic E-state index is 6.27. The minimum Gasteiger partial charge on any atom is -0.344 e. The van der Waals surface area contributed by atoms with E-state index in [1.54, 1.807) is 0 Å². The third kappa shape index (κ3) is 0.971. The summed E-state index contributed by atoms with van der Waals surface area (Å²) in [6, 6.07) is 0. The Morgan fingerprint density at radius 3 is 1.94 bits per heavy atom. The topological polar surface area (TPSA) is 18.5 Å². The number of fused-ring (bicyclic) bond motifs is 3. The molecule has 0 aromatic rings. The van der Waals surface area contributed by atoms with Gasteiger partial charge >= 0.3 is 0 Å². The van der Waals surface area contributed by atoms with E-state index in [2.05, 4.69) is 34.6 Å². The van der Waals surface area contributed by atoms with Crippen molar-refractivity contribution >= 4 is 0 Å². The van der Waals surface area contributed by atoms with Crippen molar-refractivity contribution in [1.29, 1.82) is 0 Å². The van der Waals surface area contributed by atoms with Crippen molar-refractivity contribution in [3.8, 4) is 0 Å². The number of rotatable bonds is 0. The van der Waals surface area contributed by atoms with Crippen LogP contribution in [0.5, 0.6) is 0 Å². The lowest BCUT2D eigenvalue weighted by atomic mass is 9.68. The van der Waals surface area contributed by atoms with Gasteiger partial charge in [0.1, 0.15) is 0 Å². The smallest absolute Gasteiger partial charge is 0.175 e. The number of ether oxygens (including phenoxy) is 2. The van der Waals surface area contributed by atoms with Gasteiger partial charge in [-0.3, -0.25) is 0 Å². The first kappa shape index (κ1) is 11.0. The van der Waals surface area contributed by atoms with Crippen LogP contribution in [0.1, 0.15) is 53.9 Å². The van der Waals surface area contributed by atoms with Gasteiger partial charge in [-0.15, -0.1) is 0 Å². The molecule has 3 aliphatic rings. The van der Waals surface area contributed by atoms with Crippen molar-refractivity contribution in [2.24, 2.45) is 16.7 Å². The van der Waals surface area contributed by atoms with Gasteiger partial charge in [-0.2, -0.15) is 0 Å². The molecule has 2 nitrogen and oxygen atoms in total. The minimum atomic E-state index is -0.280. The minimum absolute atomic E-state index is 0.198. The summed E-state index contributed by atoms with van der Waals surface area (Å²) in [6.07, 6.45) is 4.19. The van der Waals surface area contributed by atoms with Crippen LogP contribution in [-0.2, 0) is 9.47 Å². The molecule has 2 bridgehead atoms. The Hall–Kier alpha value is -0.0800. The van der Waals surface area contributed by atoms with E-state index in [0.717, 1.165) is 12.3 Å². The molecular weight excluding hydrogens is 200 g/mol. The normalized spacial score (nSPS) is 58.7. The van der Waals surface area contributed by atoms with Crippen LogP contribution in [0.2, 0.25) is 0 Å². The molecule has 5 atom stereocenters. The molecule has 1 heterocycles. The monoisotopic (exact) mass is 224 g/mol. The highest BCUT2D eigenvalue weighted by atomic mass is 16.8. The van der Waals surface area contributed by atoms with E-state index in [1.165, 1.54) is 12.8 Å². The summed E-state index contributed by atoms with van der Waals surface area (Å²) in [5, 5.41) is 0. The van der Waals surface area contributed by atoms with E-state index in [0.29, 0.717) is 5.41 Å². The second-order valence-corrected chi connectivity index (χ2v) is 6.89. The summed E-state index contributed by atoms with van der Waals surface area (Å²) in [6.45, 7) is 11.5. The summed E-state index contributed by atoms with van der Waals surface area (Å²) in [7, 11) is 0. The SMILES string of the molecule is C[C@@H]1OC2(C[C@@H]3CC[C@]2(C)C3(C)C)O[C@@H]1C. The zero-order valence-corrected chi connectivity index (χ0v) is 11.2. The van der Waals surface area contributed by atoms with Gasteiger partial charge in [0, 0.05) is 11.8 Å². The fraction of sp³-hybridized carbons (Fsp3) is 1.00. The summed E-state index contributed by atoms with van der Waals surface area (Å²) in [5.74, 6) is 0.494. The van der Waals surface area contributed by atoms with Gasteiger partial charge in [0.05, 0.1) is 12.2 Å². The molecule has 0 amide bonds. The van der Waals surface area contributed by atoms with E-state index in [-0.39, 0.29) is 23.4 Å². The van der Waals surface area contributed by atoms with Crippen LogP contribution in [0.4, 0.5) is 0 Å². The van der Waals surface area contributed by atoms with Crippen molar-refractivity contribution in [3.05, 3.63) is 0 Å².